The zero-order valence-corrected chi connectivity index (χ0v) is 13.6. The molecule has 0 aromatic heterocycles. The first-order chi connectivity index (χ1) is 10.3. The SMILES string of the molecule is CCNC(=S)NC1C[C@H]2CC[C@H](C1)[NH+]2Cc1ccccc1. The monoisotopic (exact) mass is 304 g/mol. The molecule has 2 aliphatic rings. The Hall–Kier alpha value is -1.13. The second kappa shape index (κ2) is 6.75. The van der Waals surface area contributed by atoms with E-state index < -0.39 is 0 Å². The van der Waals surface area contributed by atoms with E-state index in [9.17, 15) is 0 Å². The van der Waals surface area contributed by atoms with Crippen molar-refractivity contribution in [2.75, 3.05) is 6.54 Å². The van der Waals surface area contributed by atoms with Gasteiger partial charge < -0.3 is 15.5 Å². The van der Waals surface area contributed by atoms with Crippen molar-refractivity contribution in [3.05, 3.63) is 35.9 Å². The topological polar surface area (TPSA) is 28.5 Å². The molecule has 1 aromatic rings. The van der Waals surface area contributed by atoms with Crippen LogP contribution in [0.15, 0.2) is 30.3 Å². The molecule has 4 heteroatoms. The fraction of sp³-hybridized carbons (Fsp3) is 0.588. The van der Waals surface area contributed by atoms with Gasteiger partial charge >= 0.3 is 0 Å². The summed E-state index contributed by atoms with van der Waals surface area (Å²) in [6.45, 7) is 4.17. The highest BCUT2D eigenvalue weighted by Crippen LogP contribution is 2.23. The number of hydrogen-bond acceptors (Lipinski definition) is 1. The summed E-state index contributed by atoms with van der Waals surface area (Å²) in [5, 5.41) is 7.55. The molecule has 114 valence electrons. The van der Waals surface area contributed by atoms with Crippen LogP contribution in [0.1, 0.15) is 38.2 Å². The minimum Gasteiger partial charge on any atom is -0.363 e. The smallest absolute Gasteiger partial charge is 0.166 e. The fourth-order valence-electron chi connectivity index (χ4n) is 4.06. The van der Waals surface area contributed by atoms with Crippen LogP contribution in [-0.4, -0.2) is 29.8 Å². The molecule has 21 heavy (non-hydrogen) atoms. The summed E-state index contributed by atoms with van der Waals surface area (Å²) in [4.78, 5) is 1.80. The third-order valence-corrected chi connectivity index (χ3v) is 5.24. The summed E-state index contributed by atoms with van der Waals surface area (Å²) < 4.78 is 0. The van der Waals surface area contributed by atoms with Crippen LogP contribution < -0.4 is 15.5 Å². The third kappa shape index (κ3) is 3.55. The van der Waals surface area contributed by atoms with Gasteiger partial charge in [0.1, 0.15) is 6.54 Å². The Labute approximate surface area is 133 Å². The summed E-state index contributed by atoms with van der Waals surface area (Å²) >= 11 is 5.34. The van der Waals surface area contributed by atoms with E-state index in [4.69, 9.17) is 12.2 Å². The number of thiocarbonyl (C=S) groups is 1. The molecule has 2 saturated heterocycles. The highest BCUT2D eigenvalue weighted by Gasteiger charge is 2.44. The van der Waals surface area contributed by atoms with E-state index in [-0.39, 0.29) is 0 Å². The van der Waals surface area contributed by atoms with Crippen molar-refractivity contribution in [2.45, 2.75) is 57.3 Å². The molecular formula is C17H26N3S+. The summed E-state index contributed by atoms with van der Waals surface area (Å²) in [7, 11) is 0. The molecule has 2 heterocycles. The Morgan fingerprint density at radius 2 is 1.86 bits per heavy atom. The quantitative estimate of drug-likeness (QED) is 0.731. The first kappa shape index (κ1) is 14.8. The van der Waals surface area contributed by atoms with Crippen LogP contribution in [0.3, 0.4) is 0 Å². The maximum absolute atomic E-state index is 5.34. The fourth-order valence-corrected chi connectivity index (χ4v) is 4.37. The summed E-state index contributed by atoms with van der Waals surface area (Å²) in [5.41, 5.74) is 1.47. The Kier molecular flexibility index (Phi) is 4.76. The van der Waals surface area contributed by atoms with Crippen LogP contribution in [0, 0.1) is 0 Å². The molecule has 2 aliphatic heterocycles. The van der Waals surface area contributed by atoms with Gasteiger partial charge in [0.25, 0.3) is 0 Å². The Bertz CT molecular complexity index is 462. The minimum atomic E-state index is 0.563. The third-order valence-electron chi connectivity index (χ3n) is 4.97. The average Bonchev–Trinajstić information content (AvgIpc) is 2.71. The number of quaternary nitrogens is 1. The van der Waals surface area contributed by atoms with E-state index in [1.165, 1.54) is 37.8 Å². The lowest BCUT2D eigenvalue weighted by molar-refractivity contribution is -0.954. The highest BCUT2D eigenvalue weighted by molar-refractivity contribution is 7.80. The van der Waals surface area contributed by atoms with Gasteiger partial charge in [0.15, 0.2) is 5.11 Å². The lowest BCUT2D eigenvalue weighted by Crippen LogP contribution is -3.17. The van der Waals surface area contributed by atoms with Gasteiger partial charge in [0, 0.05) is 43.8 Å². The number of rotatable bonds is 4. The van der Waals surface area contributed by atoms with Crippen LogP contribution in [0.4, 0.5) is 0 Å². The van der Waals surface area contributed by atoms with Crippen LogP contribution in [0.25, 0.3) is 0 Å². The van der Waals surface area contributed by atoms with E-state index in [0.717, 1.165) is 23.7 Å². The van der Waals surface area contributed by atoms with Crippen molar-refractivity contribution in [3.63, 3.8) is 0 Å². The average molecular weight is 304 g/mol. The van der Waals surface area contributed by atoms with Gasteiger partial charge in [0.2, 0.25) is 0 Å². The van der Waals surface area contributed by atoms with E-state index >= 15 is 0 Å². The first-order valence-corrected chi connectivity index (χ1v) is 8.61. The molecule has 0 saturated carbocycles. The van der Waals surface area contributed by atoms with Gasteiger partial charge in [-0.05, 0) is 19.1 Å². The van der Waals surface area contributed by atoms with Gasteiger partial charge in [-0.2, -0.15) is 0 Å². The molecule has 1 aromatic carbocycles. The number of nitrogens with one attached hydrogen (secondary N) is 3. The van der Waals surface area contributed by atoms with Crippen LogP contribution in [0.5, 0.6) is 0 Å². The molecule has 0 unspecified atom stereocenters. The van der Waals surface area contributed by atoms with Crippen LogP contribution in [0.2, 0.25) is 0 Å². The first-order valence-electron chi connectivity index (χ1n) is 8.20. The molecule has 3 N–H and O–H groups in total. The van der Waals surface area contributed by atoms with Crippen molar-refractivity contribution in [1.29, 1.82) is 0 Å². The predicted octanol–water partition coefficient (Wildman–Crippen LogP) is 1.25. The number of fused-ring (bicyclic) bond motifs is 2. The zero-order valence-electron chi connectivity index (χ0n) is 12.8. The van der Waals surface area contributed by atoms with Gasteiger partial charge in [-0.15, -0.1) is 0 Å². The molecule has 2 atom stereocenters. The van der Waals surface area contributed by atoms with Crippen molar-refractivity contribution in [2.24, 2.45) is 0 Å². The zero-order chi connectivity index (χ0) is 14.7. The molecule has 0 amide bonds. The minimum absolute atomic E-state index is 0.563. The normalized spacial score (nSPS) is 30.9. The molecule has 2 bridgehead atoms. The second-order valence-corrected chi connectivity index (χ2v) is 6.79. The van der Waals surface area contributed by atoms with E-state index in [1.807, 2.05) is 0 Å². The molecule has 0 spiro atoms. The largest absolute Gasteiger partial charge is 0.363 e. The molecular weight excluding hydrogens is 278 g/mol. The van der Waals surface area contributed by atoms with Crippen LogP contribution >= 0.6 is 12.2 Å². The molecule has 0 aliphatic carbocycles. The lowest BCUT2D eigenvalue weighted by Gasteiger charge is -2.36. The van der Waals surface area contributed by atoms with E-state index in [1.54, 1.807) is 4.90 Å². The molecule has 2 fully saturated rings. The van der Waals surface area contributed by atoms with Crippen LogP contribution in [-0.2, 0) is 6.54 Å². The molecule has 3 rings (SSSR count). The van der Waals surface area contributed by atoms with Crippen molar-refractivity contribution >= 4 is 17.3 Å². The Morgan fingerprint density at radius 3 is 2.48 bits per heavy atom. The van der Waals surface area contributed by atoms with Crippen molar-refractivity contribution < 1.29 is 4.90 Å². The van der Waals surface area contributed by atoms with Gasteiger partial charge in [-0.3, -0.25) is 0 Å². The number of piperidine rings is 1. The van der Waals surface area contributed by atoms with Crippen molar-refractivity contribution in [1.82, 2.24) is 10.6 Å². The van der Waals surface area contributed by atoms with Gasteiger partial charge in [-0.25, -0.2) is 0 Å². The summed E-state index contributed by atoms with van der Waals surface area (Å²) in [5.74, 6) is 0. The second-order valence-electron chi connectivity index (χ2n) is 6.38. The standard InChI is InChI=1S/C17H25N3S/c1-2-18-17(21)19-14-10-15-8-9-16(11-14)20(15)12-13-6-4-3-5-7-13/h3-7,14-16H,2,8-12H2,1H3,(H2,18,19,21)/p+1/t15-,16-/m1/s1. The Morgan fingerprint density at radius 1 is 1.19 bits per heavy atom. The number of benzene rings is 1. The van der Waals surface area contributed by atoms with E-state index in [2.05, 4.69) is 47.9 Å². The molecule has 0 radical (unpaired) electrons. The Balaban J connectivity index is 1.58. The maximum atomic E-state index is 5.34. The van der Waals surface area contributed by atoms with Crippen molar-refractivity contribution in [3.8, 4) is 0 Å². The number of hydrogen-bond donors (Lipinski definition) is 3. The predicted molar refractivity (Wildman–Crippen MR) is 90.4 cm³/mol. The van der Waals surface area contributed by atoms with Gasteiger partial charge in [0.05, 0.1) is 12.1 Å². The molecule has 3 nitrogen and oxygen atoms in total. The lowest BCUT2D eigenvalue weighted by atomic mass is 9.96. The summed E-state index contributed by atoms with van der Waals surface area (Å²) in [6, 6.07) is 13.1. The summed E-state index contributed by atoms with van der Waals surface area (Å²) in [6.07, 6.45) is 5.26. The maximum Gasteiger partial charge on any atom is 0.166 e. The van der Waals surface area contributed by atoms with E-state index in [0.29, 0.717) is 6.04 Å². The highest BCUT2D eigenvalue weighted by atomic mass is 32.1. The van der Waals surface area contributed by atoms with Gasteiger partial charge in [-0.1, -0.05) is 30.3 Å².